The maximum absolute atomic E-state index is 14.7. The Balaban J connectivity index is 1.29. The van der Waals surface area contributed by atoms with E-state index in [1.807, 2.05) is 0 Å². The summed E-state index contributed by atoms with van der Waals surface area (Å²) < 4.78 is 98.3. The fraction of sp³-hybridized carbons (Fsp3) is 0.478. The van der Waals surface area contributed by atoms with E-state index in [0.29, 0.717) is 11.4 Å². The summed E-state index contributed by atoms with van der Waals surface area (Å²) in [4.78, 5) is 31.1. The Morgan fingerprint density at radius 3 is 2.62 bits per heavy atom. The summed E-state index contributed by atoms with van der Waals surface area (Å²) in [6, 6.07) is -0.214. The SMILES string of the molecule is C[C@@H](COC[C@H](F)C(=O)N1CCN2c3ncc(C(F)(F)F)cc3C=C[C@@H]2C1)Nc1cn[nH]c(=O)c1C(F)(F)F. The third-order valence-electron chi connectivity index (χ3n) is 6.16. The predicted molar refractivity (Wildman–Crippen MR) is 125 cm³/mol. The second-order valence-corrected chi connectivity index (χ2v) is 9.07. The van der Waals surface area contributed by atoms with Gasteiger partial charge in [0.25, 0.3) is 11.5 Å². The van der Waals surface area contributed by atoms with E-state index in [9.17, 15) is 40.3 Å². The summed E-state index contributed by atoms with van der Waals surface area (Å²) >= 11 is 0. The molecular weight excluding hydrogens is 541 g/mol. The topological polar surface area (TPSA) is 103 Å². The van der Waals surface area contributed by atoms with Gasteiger partial charge in [-0.2, -0.15) is 31.4 Å². The van der Waals surface area contributed by atoms with Crippen LogP contribution in [0.2, 0.25) is 0 Å². The van der Waals surface area contributed by atoms with E-state index in [1.165, 1.54) is 17.9 Å². The fourth-order valence-corrected chi connectivity index (χ4v) is 4.36. The molecular formula is C23H23F7N6O3. The molecule has 4 rings (SSSR count). The van der Waals surface area contributed by atoms with E-state index in [1.54, 1.807) is 16.1 Å². The van der Waals surface area contributed by atoms with Crippen molar-refractivity contribution in [1.29, 1.82) is 0 Å². The number of anilines is 2. The van der Waals surface area contributed by atoms with Gasteiger partial charge in [0.05, 0.1) is 36.7 Å². The van der Waals surface area contributed by atoms with Gasteiger partial charge in [-0.15, -0.1) is 0 Å². The van der Waals surface area contributed by atoms with Crippen LogP contribution in [0.3, 0.4) is 0 Å². The van der Waals surface area contributed by atoms with Crippen molar-refractivity contribution in [1.82, 2.24) is 20.1 Å². The lowest BCUT2D eigenvalue weighted by atomic mass is 10.0. The smallest absolute Gasteiger partial charge is 0.378 e. The van der Waals surface area contributed by atoms with Crippen molar-refractivity contribution in [3.8, 4) is 0 Å². The number of H-pyrrole nitrogens is 1. The molecule has 2 aliphatic heterocycles. The van der Waals surface area contributed by atoms with Gasteiger partial charge in [-0.25, -0.2) is 14.5 Å². The number of carbonyl (C=O) groups excluding carboxylic acids is 1. The largest absolute Gasteiger partial charge is 0.423 e. The number of nitrogens with zero attached hydrogens (tertiary/aromatic N) is 4. The highest BCUT2D eigenvalue weighted by molar-refractivity contribution is 5.82. The van der Waals surface area contributed by atoms with E-state index in [-0.39, 0.29) is 26.2 Å². The first-order valence-corrected chi connectivity index (χ1v) is 11.7. The normalized spacial score (nSPS) is 18.8. The Kier molecular flexibility index (Phi) is 7.86. The van der Waals surface area contributed by atoms with Crippen molar-refractivity contribution < 1.29 is 40.3 Å². The maximum atomic E-state index is 14.7. The first kappa shape index (κ1) is 28.3. The van der Waals surface area contributed by atoms with Crippen molar-refractivity contribution in [2.75, 3.05) is 43.1 Å². The number of halogens is 7. The van der Waals surface area contributed by atoms with E-state index in [0.717, 1.165) is 18.5 Å². The Labute approximate surface area is 216 Å². The standard InChI is InChI=1S/C23H23F7N6O3/c1-12(33-17-8-32-34-20(37)18(17)23(28,29)30)10-39-11-16(24)21(38)35-4-5-36-15(9-35)3-2-13-6-14(22(25,26)27)7-31-19(13)36/h2-3,6-8,12,15-16H,4-5,9-11H2,1H3,(H2,33,34,37)/t12-,15+,16-/m0/s1. The van der Waals surface area contributed by atoms with Gasteiger partial charge in [0.15, 0.2) is 0 Å². The van der Waals surface area contributed by atoms with Crippen molar-refractivity contribution in [2.45, 2.75) is 37.5 Å². The summed E-state index contributed by atoms with van der Waals surface area (Å²) in [5.74, 6) is -0.513. The lowest BCUT2D eigenvalue weighted by molar-refractivity contribution is -0.140. The number of ether oxygens (including phenoxy) is 1. The number of pyridine rings is 1. The zero-order valence-electron chi connectivity index (χ0n) is 20.3. The lowest BCUT2D eigenvalue weighted by Gasteiger charge is -2.43. The van der Waals surface area contributed by atoms with Gasteiger partial charge >= 0.3 is 12.4 Å². The number of aromatic nitrogens is 3. The second-order valence-electron chi connectivity index (χ2n) is 9.07. The van der Waals surface area contributed by atoms with Crippen molar-refractivity contribution >= 4 is 23.5 Å². The molecule has 2 aromatic rings. The van der Waals surface area contributed by atoms with Crippen LogP contribution in [0.25, 0.3) is 6.08 Å². The highest BCUT2D eigenvalue weighted by Crippen LogP contribution is 2.35. The van der Waals surface area contributed by atoms with E-state index < -0.39 is 65.5 Å². The lowest BCUT2D eigenvalue weighted by Crippen LogP contribution is -2.57. The van der Waals surface area contributed by atoms with Crippen LogP contribution in [0.15, 0.2) is 29.3 Å². The molecule has 0 aliphatic carbocycles. The van der Waals surface area contributed by atoms with Crippen LogP contribution >= 0.6 is 0 Å². The highest BCUT2D eigenvalue weighted by atomic mass is 19.4. The van der Waals surface area contributed by atoms with Crippen LogP contribution < -0.4 is 15.8 Å². The first-order chi connectivity index (χ1) is 18.3. The van der Waals surface area contributed by atoms with E-state index >= 15 is 0 Å². The van der Waals surface area contributed by atoms with Crippen LogP contribution in [-0.4, -0.2) is 77.1 Å². The minimum atomic E-state index is -4.93. The van der Waals surface area contributed by atoms with Crippen molar-refractivity contribution in [3.05, 3.63) is 51.6 Å². The van der Waals surface area contributed by atoms with E-state index in [4.69, 9.17) is 4.74 Å². The Morgan fingerprint density at radius 1 is 1.18 bits per heavy atom. The van der Waals surface area contributed by atoms with Crippen LogP contribution in [0.5, 0.6) is 0 Å². The molecule has 0 unspecified atom stereocenters. The number of amides is 1. The number of alkyl halides is 7. The number of fused-ring (bicyclic) bond motifs is 3. The van der Waals surface area contributed by atoms with Gasteiger partial charge in [-0.1, -0.05) is 12.2 Å². The summed E-state index contributed by atoms with van der Waals surface area (Å²) in [6.45, 7) is 0.890. The number of nitrogens with one attached hydrogen (secondary N) is 2. The summed E-state index contributed by atoms with van der Waals surface area (Å²) in [5, 5.41) is 7.50. The minimum Gasteiger partial charge on any atom is -0.378 e. The molecule has 2 aliphatic rings. The number of carbonyl (C=O) groups is 1. The molecule has 16 heteroatoms. The molecule has 9 nitrogen and oxygen atoms in total. The van der Waals surface area contributed by atoms with Crippen LogP contribution in [-0.2, 0) is 21.9 Å². The van der Waals surface area contributed by atoms with Crippen molar-refractivity contribution in [2.24, 2.45) is 0 Å². The Morgan fingerprint density at radius 2 is 1.92 bits per heavy atom. The zero-order chi connectivity index (χ0) is 28.5. The van der Waals surface area contributed by atoms with Gasteiger partial charge in [-0.05, 0) is 13.0 Å². The second kappa shape index (κ2) is 10.8. The first-order valence-electron chi connectivity index (χ1n) is 11.7. The van der Waals surface area contributed by atoms with Crippen molar-refractivity contribution in [3.63, 3.8) is 0 Å². The number of hydrogen-bond acceptors (Lipinski definition) is 7. The van der Waals surface area contributed by atoms with Crippen LogP contribution in [0.1, 0.15) is 23.6 Å². The molecule has 1 fully saturated rings. The quantitative estimate of drug-likeness (QED) is 0.499. The third-order valence-corrected chi connectivity index (χ3v) is 6.16. The van der Waals surface area contributed by atoms with E-state index in [2.05, 4.69) is 15.4 Å². The molecule has 4 heterocycles. The number of piperazine rings is 1. The maximum Gasteiger partial charge on any atom is 0.423 e. The van der Waals surface area contributed by atoms with Gasteiger partial charge in [0.1, 0.15) is 11.4 Å². The molecule has 2 N–H and O–H groups in total. The molecule has 0 radical (unpaired) electrons. The molecule has 39 heavy (non-hydrogen) atoms. The number of aromatic amines is 1. The molecule has 0 aromatic carbocycles. The average Bonchev–Trinajstić information content (AvgIpc) is 2.86. The molecule has 3 atom stereocenters. The van der Waals surface area contributed by atoms with Crippen LogP contribution in [0, 0.1) is 0 Å². The predicted octanol–water partition coefficient (Wildman–Crippen LogP) is 3.10. The molecule has 2 aromatic heterocycles. The summed E-state index contributed by atoms with van der Waals surface area (Å²) in [6.07, 6.45) is -6.87. The van der Waals surface area contributed by atoms with Gasteiger partial charge < -0.3 is 19.9 Å². The molecule has 0 bridgehead atoms. The Hall–Kier alpha value is -3.69. The monoisotopic (exact) mass is 564 g/mol. The molecule has 0 saturated carbocycles. The average molecular weight is 564 g/mol. The Bertz CT molecular complexity index is 1300. The molecule has 0 spiro atoms. The highest BCUT2D eigenvalue weighted by Gasteiger charge is 2.38. The number of hydrogen-bond donors (Lipinski definition) is 2. The fourth-order valence-electron chi connectivity index (χ4n) is 4.36. The molecule has 212 valence electrons. The third kappa shape index (κ3) is 6.32. The molecule has 1 saturated heterocycles. The minimum absolute atomic E-state index is 0.0750. The van der Waals surface area contributed by atoms with Gasteiger partial charge in [0.2, 0.25) is 6.17 Å². The van der Waals surface area contributed by atoms with Gasteiger partial charge in [0, 0.05) is 37.4 Å². The molecule has 1 amide bonds. The summed E-state index contributed by atoms with van der Waals surface area (Å²) in [5.41, 5.74) is -4.04. The van der Waals surface area contributed by atoms with Crippen LogP contribution in [0.4, 0.5) is 42.2 Å². The van der Waals surface area contributed by atoms with Gasteiger partial charge in [-0.3, -0.25) is 9.59 Å². The zero-order valence-corrected chi connectivity index (χ0v) is 20.3. The number of rotatable bonds is 7. The summed E-state index contributed by atoms with van der Waals surface area (Å²) in [7, 11) is 0.